The molecule has 20 heavy (non-hydrogen) atoms. The first kappa shape index (κ1) is 15.9. The maximum absolute atomic E-state index is 13.3. The zero-order valence-corrected chi connectivity index (χ0v) is 14.8. The van der Waals surface area contributed by atoms with Gasteiger partial charge in [0.25, 0.3) is 0 Å². The van der Waals surface area contributed by atoms with Crippen LogP contribution >= 0.6 is 43.2 Å². The van der Waals surface area contributed by atoms with Gasteiger partial charge >= 0.3 is 0 Å². The molecule has 1 aromatic heterocycles. The van der Waals surface area contributed by atoms with Crippen LogP contribution in [0.5, 0.6) is 5.75 Å². The molecular formula is C14H14Br2FNOS. The Morgan fingerprint density at radius 1 is 1.30 bits per heavy atom. The summed E-state index contributed by atoms with van der Waals surface area (Å²) in [6.45, 7) is 2.02. The predicted molar refractivity (Wildman–Crippen MR) is 87.8 cm³/mol. The number of hydrogen-bond donors (Lipinski definition) is 1. The van der Waals surface area contributed by atoms with Gasteiger partial charge in [-0.05, 0) is 68.6 Å². The SMILES string of the molecule is CCC(N)C(Oc1ccc(F)c(Br)c1)c1ccc(Br)s1. The fourth-order valence-electron chi connectivity index (χ4n) is 1.75. The number of halogens is 3. The Bertz CT molecular complexity index is 590. The second-order valence-corrected chi connectivity index (χ2v) is 7.68. The van der Waals surface area contributed by atoms with Gasteiger partial charge in [0, 0.05) is 10.9 Å². The highest BCUT2D eigenvalue weighted by atomic mass is 79.9. The minimum atomic E-state index is -0.312. The molecule has 0 saturated carbocycles. The number of benzene rings is 1. The van der Waals surface area contributed by atoms with Crippen molar-refractivity contribution in [1.29, 1.82) is 0 Å². The van der Waals surface area contributed by atoms with Crippen LogP contribution in [0.1, 0.15) is 24.3 Å². The minimum Gasteiger partial charge on any atom is -0.483 e. The van der Waals surface area contributed by atoms with Crippen LogP contribution in [0.2, 0.25) is 0 Å². The number of nitrogens with two attached hydrogens (primary N) is 1. The van der Waals surface area contributed by atoms with E-state index in [2.05, 4.69) is 31.9 Å². The molecule has 0 radical (unpaired) electrons. The maximum Gasteiger partial charge on any atom is 0.148 e. The van der Waals surface area contributed by atoms with Gasteiger partial charge in [0.15, 0.2) is 0 Å². The quantitative estimate of drug-likeness (QED) is 0.712. The summed E-state index contributed by atoms with van der Waals surface area (Å²) < 4.78 is 20.6. The molecule has 1 heterocycles. The van der Waals surface area contributed by atoms with Gasteiger partial charge in [-0.2, -0.15) is 0 Å². The van der Waals surface area contributed by atoms with Crippen molar-refractivity contribution < 1.29 is 9.13 Å². The fourth-order valence-corrected chi connectivity index (χ4v) is 3.64. The van der Waals surface area contributed by atoms with Crippen LogP contribution in [0.25, 0.3) is 0 Å². The van der Waals surface area contributed by atoms with Gasteiger partial charge in [-0.15, -0.1) is 11.3 Å². The average Bonchev–Trinajstić information content (AvgIpc) is 2.85. The number of rotatable bonds is 5. The van der Waals surface area contributed by atoms with Crippen molar-refractivity contribution in [3.8, 4) is 5.75 Å². The number of hydrogen-bond acceptors (Lipinski definition) is 3. The summed E-state index contributed by atoms with van der Waals surface area (Å²) in [5.74, 6) is 0.282. The van der Waals surface area contributed by atoms with E-state index in [9.17, 15) is 4.39 Å². The molecule has 0 aliphatic rings. The highest BCUT2D eigenvalue weighted by molar-refractivity contribution is 9.11. The molecule has 0 saturated heterocycles. The Morgan fingerprint density at radius 2 is 2.05 bits per heavy atom. The zero-order chi connectivity index (χ0) is 14.7. The molecule has 0 aliphatic carbocycles. The first-order valence-electron chi connectivity index (χ1n) is 6.13. The Labute approximate surface area is 138 Å². The van der Waals surface area contributed by atoms with Crippen LogP contribution in [0.15, 0.2) is 38.6 Å². The summed E-state index contributed by atoms with van der Waals surface area (Å²) in [6, 6.07) is 8.45. The summed E-state index contributed by atoms with van der Waals surface area (Å²) in [5, 5.41) is 0. The fraction of sp³-hybridized carbons (Fsp3) is 0.286. The first-order chi connectivity index (χ1) is 9.51. The molecule has 6 heteroatoms. The van der Waals surface area contributed by atoms with Gasteiger partial charge in [-0.3, -0.25) is 0 Å². The Kier molecular flexibility index (Phi) is 5.60. The van der Waals surface area contributed by atoms with Crippen molar-refractivity contribution >= 4 is 43.2 Å². The van der Waals surface area contributed by atoms with E-state index in [0.717, 1.165) is 15.1 Å². The maximum atomic E-state index is 13.3. The third kappa shape index (κ3) is 3.81. The lowest BCUT2D eigenvalue weighted by atomic mass is 10.1. The molecule has 0 spiro atoms. The molecule has 0 bridgehead atoms. The van der Waals surface area contributed by atoms with Crippen LogP contribution in [-0.2, 0) is 0 Å². The van der Waals surface area contributed by atoms with Gasteiger partial charge in [-0.25, -0.2) is 4.39 Å². The molecule has 2 atom stereocenters. The van der Waals surface area contributed by atoms with E-state index in [1.165, 1.54) is 6.07 Å². The van der Waals surface area contributed by atoms with Crippen LogP contribution < -0.4 is 10.5 Å². The predicted octanol–water partition coefficient (Wildman–Crippen LogP) is 5.27. The van der Waals surface area contributed by atoms with Crippen molar-refractivity contribution in [1.82, 2.24) is 0 Å². The van der Waals surface area contributed by atoms with Crippen molar-refractivity contribution in [3.05, 3.63) is 49.3 Å². The molecule has 0 fully saturated rings. The van der Waals surface area contributed by atoms with Crippen molar-refractivity contribution in [2.24, 2.45) is 5.73 Å². The third-order valence-electron chi connectivity index (χ3n) is 2.89. The molecule has 0 amide bonds. The van der Waals surface area contributed by atoms with E-state index >= 15 is 0 Å². The highest BCUT2D eigenvalue weighted by Crippen LogP contribution is 2.33. The summed E-state index contributed by atoms with van der Waals surface area (Å²) in [5.41, 5.74) is 6.15. The molecular weight excluding hydrogens is 409 g/mol. The Morgan fingerprint density at radius 3 is 2.60 bits per heavy atom. The normalized spacial score (nSPS) is 14.1. The van der Waals surface area contributed by atoms with Crippen molar-refractivity contribution in [3.63, 3.8) is 0 Å². The van der Waals surface area contributed by atoms with Crippen molar-refractivity contribution in [2.75, 3.05) is 0 Å². The monoisotopic (exact) mass is 421 g/mol. The topological polar surface area (TPSA) is 35.2 Å². The summed E-state index contributed by atoms with van der Waals surface area (Å²) >= 11 is 8.19. The van der Waals surface area contributed by atoms with Gasteiger partial charge in [-0.1, -0.05) is 6.92 Å². The third-order valence-corrected chi connectivity index (χ3v) is 5.18. The summed E-state index contributed by atoms with van der Waals surface area (Å²) in [7, 11) is 0. The average molecular weight is 423 g/mol. The van der Waals surface area contributed by atoms with Crippen LogP contribution in [0.4, 0.5) is 4.39 Å². The number of thiophene rings is 1. The smallest absolute Gasteiger partial charge is 0.148 e. The van der Waals surface area contributed by atoms with Crippen molar-refractivity contribution in [2.45, 2.75) is 25.5 Å². The van der Waals surface area contributed by atoms with Crippen LogP contribution in [0.3, 0.4) is 0 Å². The van der Waals surface area contributed by atoms with Gasteiger partial charge in [0.05, 0.1) is 8.26 Å². The highest BCUT2D eigenvalue weighted by Gasteiger charge is 2.22. The molecule has 2 aromatic rings. The van der Waals surface area contributed by atoms with E-state index in [1.54, 1.807) is 23.5 Å². The molecule has 108 valence electrons. The minimum absolute atomic E-state index is 0.121. The Balaban J connectivity index is 2.25. The zero-order valence-electron chi connectivity index (χ0n) is 10.8. The van der Waals surface area contributed by atoms with Gasteiger partial charge in [0.2, 0.25) is 0 Å². The molecule has 0 aliphatic heterocycles. The van der Waals surface area contributed by atoms with E-state index in [1.807, 2.05) is 19.1 Å². The van der Waals surface area contributed by atoms with Gasteiger partial charge in [0.1, 0.15) is 17.7 Å². The second-order valence-electron chi connectivity index (χ2n) is 4.33. The lowest BCUT2D eigenvalue weighted by Crippen LogP contribution is -2.30. The Hall–Kier alpha value is -0.430. The van der Waals surface area contributed by atoms with E-state index in [0.29, 0.717) is 10.2 Å². The van der Waals surface area contributed by atoms with Gasteiger partial charge < -0.3 is 10.5 Å². The number of ether oxygens (including phenoxy) is 1. The van der Waals surface area contributed by atoms with E-state index < -0.39 is 0 Å². The van der Waals surface area contributed by atoms with E-state index in [4.69, 9.17) is 10.5 Å². The molecule has 2 N–H and O–H groups in total. The second kappa shape index (κ2) is 7.02. The first-order valence-corrected chi connectivity index (χ1v) is 8.54. The molecule has 2 nitrogen and oxygen atoms in total. The molecule has 2 unspecified atom stereocenters. The van der Waals surface area contributed by atoms with Crippen LogP contribution in [0, 0.1) is 5.82 Å². The van der Waals surface area contributed by atoms with Crippen LogP contribution in [-0.4, -0.2) is 6.04 Å². The summed E-state index contributed by atoms with van der Waals surface area (Å²) in [6.07, 6.45) is 0.552. The largest absolute Gasteiger partial charge is 0.483 e. The lowest BCUT2D eigenvalue weighted by molar-refractivity contribution is 0.174. The van der Waals surface area contributed by atoms with E-state index in [-0.39, 0.29) is 18.0 Å². The molecule has 2 rings (SSSR count). The molecule has 1 aromatic carbocycles. The standard InChI is InChI=1S/C14H14Br2FNOS/c1-2-11(18)14(12-5-6-13(16)20-12)19-8-3-4-10(17)9(15)7-8/h3-7,11,14H,2,18H2,1H3. The summed E-state index contributed by atoms with van der Waals surface area (Å²) in [4.78, 5) is 1.05. The lowest BCUT2D eigenvalue weighted by Gasteiger charge is -2.23.